The summed E-state index contributed by atoms with van der Waals surface area (Å²) in [4.78, 5) is 11.1. The van der Waals surface area contributed by atoms with E-state index in [0.29, 0.717) is 0 Å². The van der Waals surface area contributed by atoms with E-state index in [4.69, 9.17) is 9.47 Å². The van der Waals surface area contributed by atoms with Crippen molar-refractivity contribution >= 4 is 5.97 Å². The molecule has 0 amide bonds. The van der Waals surface area contributed by atoms with Crippen molar-refractivity contribution in [3.63, 3.8) is 0 Å². The van der Waals surface area contributed by atoms with Crippen LogP contribution in [0.15, 0.2) is 12.8 Å². The number of hydrogen-bond acceptors (Lipinski definition) is 3. The van der Waals surface area contributed by atoms with Gasteiger partial charge in [0.1, 0.15) is 0 Å². The molecule has 0 radical (unpaired) electrons. The van der Waals surface area contributed by atoms with Gasteiger partial charge in [0.2, 0.25) is 0 Å². The Morgan fingerprint density at radius 2 is 2.21 bits per heavy atom. The third-order valence-corrected chi connectivity index (χ3v) is 1.87. The highest BCUT2D eigenvalue weighted by molar-refractivity contribution is 5.70. The molecule has 0 aromatic rings. The van der Waals surface area contributed by atoms with Gasteiger partial charge in [-0.3, -0.25) is 0 Å². The largest absolute Gasteiger partial charge is 0.490 e. The van der Waals surface area contributed by atoms with Crippen LogP contribution in [0.5, 0.6) is 0 Å². The second kappa shape index (κ2) is 8.60. The Kier molecular flexibility index (Phi) is 7.99. The van der Waals surface area contributed by atoms with Gasteiger partial charge in [-0.1, -0.05) is 26.3 Å². The van der Waals surface area contributed by atoms with E-state index >= 15 is 0 Å². The Morgan fingerprint density at radius 3 is 2.79 bits per heavy atom. The van der Waals surface area contributed by atoms with Gasteiger partial charge in [0, 0.05) is 0 Å². The fraction of sp³-hybridized carbons (Fsp3) is 0.727. The molecule has 0 spiro atoms. The van der Waals surface area contributed by atoms with Crippen LogP contribution in [0.4, 0.5) is 0 Å². The zero-order chi connectivity index (χ0) is 10.8. The molecular weight excluding hydrogens is 180 g/mol. The first kappa shape index (κ1) is 13.0. The first-order valence-corrected chi connectivity index (χ1v) is 5.12. The Hall–Kier alpha value is -0.990. The first-order chi connectivity index (χ1) is 6.70. The highest BCUT2D eigenvalue weighted by Gasteiger charge is 2.08. The molecular formula is C11H20O3. The SMILES string of the molecule is C=COCC(=O)OC(C)CCCCC. The second-order valence-corrected chi connectivity index (χ2v) is 3.27. The Balaban J connectivity index is 3.44. The maximum absolute atomic E-state index is 11.1. The van der Waals surface area contributed by atoms with Crippen molar-refractivity contribution in [3.8, 4) is 0 Å². The molecule has 3 heteroatoms. The van der Waals surface area contributed by atoms with Crippen molar-refractivity contribution < 1.29 is 14.3 Å². The zero-order valence-corrected chi connectivity index (χ0v) is 9.12. The number of unbranched alkanes of at least 4 members (excludes halogenated alkanes) is 2. The van der Waals surface area contributed by atoms with Gasteiger partial charge in [0.15, 0.2) is 6.61 Å². The minimum Gasteiger partial charge on any atom is -0.490 e. The maximum atomic E-state index is 11.1. The molecule has 0 N–H and O–H groups in total. The molecule has 0 aliphatic heterocycles. The van der Waals surface area contributed by atoms with E-state index < -0.39 is 0 Å². The van der Waals surface area contributed by atoms with Crippen LogP contribution in [0.2, 0.25) is 0 Å². The van der Waals surface area contributed by atoms with Crippen molar-refractivity contribution in [2.45, 2.75) is 45.6 Å². The van der Waals surface area contributed by atoms with Gasteiger partial charge in [-0.15, -0.1) is 0 Å². The monoisotopic (exact) mass is 200 g/mol. The van der Waals surface area contributed by atoms with Crippen LogP contribution in [0, 0.1) is 0 Å². The molecule has 0 rings (SSSR count). The molecule has 0 aromatic carbocycles. The number of carbonyl (C=O) groups is 1. The van der Waals surface area contributed by atoms with Crippen LogP contribution in [0.3, 0.4) is 0 Å². The normalized spacial score (nSPS) is 11.9. The van der Waals surface area contributed by atoms with Crippen LogP contribution in [0.1, 0.15) is 39.5 Å². The number of rotatable bonds is 8. The topological polar surface area (TPSA) is 35.5 Å². The lowest BCUT2D eigenvalue weighted by atomic mass is 10.1. The fourth-order valence-electron chi connectivity index (χ4n) is 1.13. The van der Waals surface area contributed by atoms with Crippen molar-refractivity contribution in [1.82, 2.24) is 0 Å². The average molecular weight is 200 g/mol. The standard InChI is InChI=1S/C11H20O3/c1-4-6-7-8-10(3)14-11(12)9-13-5-2/h5,10H,2,4,6-9H2,1,3H3. The van der Waals surface area contributed by atoms with Crippen molar-refractivity contribution in [2.24, 2.45) is 0 Å². The molecule has 1 atom stereocenters. The lowest BCUT2D eigenvalue weighted by Crippen LogP contribution is -2.18. The van der Waals surface area contributed by atoms with Crippen molar-refractivity contribution in [2.75, 3.05) is 6.61 Å². The lowest BCUT2D eigenvalue weighted by molar-refractivity contribution is -0.152. The minimum atomic E-state index is -0.325. The second-order valence-electron chi connectivity index (χ2n) is 3.27. The Labute approximate surface area is 86.1 Å². The highest BCUT2D eigenvalue weighted by Crippen LogP contribution is 2.06. The van der Waals surface area contributed by atoms with Crippen LogP contribution >= 0.6 is 0 Å². The van der Waals surface area contributed by atoms with E-state index in [-0.39, 0.29) is 18.7 Å². The van der Waals surface area contributed by atoms with Gasteiger partial charge in [0.05, 0.1) is 12.4 Å². The van der Waals surface area contributed by atoms with E-state index in [2.05, 4.69) is 13.5 Å². The van der Waals surface area contributed by atoms with Gasteiger partial charge in [-0.25, -0.2) is 4.79 Å². The summed E-state index contributed by atoms with van der Waals surface area (Å²) in [6, 6.07) is 0. The molecule has 0 fully saturated rings. The number of esters is 1. The summed E-state index contributed by atoms with van der Waals surface area (Å²) in [5.74, 6) is -0.325. The molecule has 0 bridgehead atoms. The van der Waals surface area contributed by atoms with Gasteiger partial charge in [-0.05, 0) is 19.8 Å². The maximum Gasteiger partial charge on any atom is 0.344 e. The zero-order valence-electron chi connectivity index (χ0n) is 9.12. The molecule has 0 aliphatic rings. The van der Waals surface area contributed by atoms with Crippen molar-refractivity contribution in [1.29, 1.82) is 0 Å². The molecule has 3 nitrogen and oxygen atoms in total. The molecule has 0 saturated heterocycles. The number of hydrogen-bond donors (Lipinski definition) is 0. The smallest absolute Gasteiger partial charge is 0.344 e. The van der Waals surface area contributed by atoms with Crippen LogP contribution in [0.25, 0.3) is 0 Å². The van der Waals surface area contributed by atoms with E-state index in [9.17, 15) is 4.79 Å². The van der Waals surface area contributed by atoms with E-state index in [1.807, 2.05) is 6.92 Å². The molecule has 0 heterocycles. The summed E-state index contributed by atoms with van der Waals surface area (Å²) in [6.07, 6.45) is 5.62. The summed E-state index contributed by atoms with van der Waals surface area (Å²) in [6.45, 7) is 7.35. The molecule has 1 unspecified atom stereocenters. The van der Waals surface area contributed by atoms with Gasteiger partial charge in [-0.2, -0.15) is 0 Å². The lowest BCUT2D eigenvalue weighted by Gasteiger charge is -2.12. The van der Waals surface area contributed by atoms with Gasteiger partial charge >= 0.3 is 5.97 Å². The molecule has 82 valence electrons. The van der Waals surface area contributed by atoms with E-state index in [0.717, 1.165) is 12.8 Å². The summed E-state index contributed by atoms with van der Waals surface area (Å²) >= 11 is 0. The summed E-state index contributed by atoms with van der Waals surface area (Å²) in [5.41, 5.74) is 0. The molecule has 0 saturated carbocycles. The van der Waals surface area contributed by atoms with Crippen LogP contribution in [-0.2, 0) is 14.3 Å². The molecule has 0 aromatic heterocycles. The number of carbonyl (C=O) groups excluding carboxylic acids is 1. The summed E-state index contributed by atoms with van der Waals surface area (Å²) < 4.78 is 9.80. The average Bonchev–Trinajstić information content (AvgIpc) is 2.15. The minimum absolute atomic E-state index is 0.0116. The summed E-state index contributed by atoms with van der Waals surface area (Å²) in [5, 5.41) is 0. The van der Waals surface area contributed by atoms with Crippen LogP contribution in [-0.4, -0.2) is 18.7 Å². The predicted molar refractivity (Wildman–Crippen MR) is 55.8 cm³/mol. The van der Waals surface area contributed by atoms with E-state index in [1.165, 1.54) is 19.1 Å². The summed E-state index contributed by atoms with van der Waals surface area (Å²) in [7, 11) is 0. The quantitative estimate of drug-likeness (QED) is 0.343. The molecule has 0 aliphatic carbocycles. The number of ether oxygens (including phenoxy) is 2. The Bertz CT molecular complexity index is 166. The predicted octanol–water partition coefficient (Wildman–Crippen LogP) is 2.66. The third kappa shape index (κ3) is 7.65. The van der Waals surface area contributed by atoms with Crippen LogP contribution < -0.4 is 0 Å². The Morgan fingerprint density at radius 1 is 1.50 bits per heavy atom. The molecule has 14 heavy (non-hydrogen) atoms. The first-order valence-electron chi connectivity index (χ1n) is 5.12. The van der Waals surface area contributed by atoms with Gasteiger partial charge < -0.3 is 9.47 Å². The van der Waals surface area contributed by atoms with Gasteiger partial charge in [0.25, 0.3) is 0 Å². The highest BCUT2D eigenvalue weighted by atomic mass is 16.6. The van der Waals surface area contributed by atoms with Crippen molar-refractivity contribution in [3.05, 3.63) is 12.8 Å². The van der Waals surface area contributed by atoms with E-state index in [1.54, 1.807) is 0 Å². The fourth-order valence-corrected chi connectivity index (χ4v) is 1.13. The third-order valence-electron chi connectivity index (χ3n) is 1.87.